The molecule has 0 amide bonds. The van der Waals surface area contributed by atoms with Gasteiger partial charge in [-0.25, -0.2) is 9.36 Å². The van der Waals surface area contributed by atoms with Crippen LogP contribution in [-0.2, 0) is 7.05 Å². The van der Waals surface area contributed by atoms with E-state index in [2.05, 4.69) is 0 Å². The molecule has 0 radical (unpaired) electrons. The molecule has 0 saturated carbocycles. The lowest BCUT2D eigenvalue weighted by atomic mass is 9.96. The molecule has 4 heteroatoms. The van der Waals surface area contributed by atoms with Crippen molar-refractivity contribution in [3.63, 3.8) is 0 Å². The van der Waals surface area contributed by atoms with Crippen LogP contribution in [0.4, 0.5) is 0 Å². The summed E-state index contributed by atoms with van der Waals surface area (Å²) in [7, 11) is 1.43. The maximum absolute atomic E-state index is 12.1. The van der Waals surface area contributed by atoms with Crippen LogP contribution in [0.5, 0.6) is 0 Å². The predicted molar refractivity (Wildman–Crippen MR) is 66.7 cm³/mol. The van der Waals surface area contributed by atoms with Crippen LogP contribution < -0.4 is 11.3 Å². The summed E-state index contributed by atoms with van der Waals surface area (Å²) >= 11 is 0. The van der Waals surface area contributed by atoms with Gasteiger partial charge in [0.05, 0.1) is 5.39 Å². The van der Waals surface area contributed by atoms with Crippen LogP contribution in [0.2, 0.25) is 0 Å². The van der Waals surface area contributed by atoms with Crippen molar-refractivity contribution in [1.82, 2.24) is 4.57 Å². The van der Waals surface area contributed by atoms with Crippen LogP contribution in [0.25, 0.3) is 11.0 Å². The zero-order valence-electron chi connectivity index (χ0n) is 10.7. The monoisotopic (exact) mass is 233 g/mol. The van der Waals surface area contributed by atoms with Crippen molar-refractivity contribution < 1.29 is 4.42 Å². The lowest BCUT2D eigenvalue weighted by Gasteiger charge is -2.12. The molecule has 1 heterocycles. The molecule has 2 aromatic rings. The minimum atomic E-state index is -0.617. The van der Waals surface area contributed by atoms with Gasteiger partial charge in [0, 0.05) is 7.05 Å². The first kappa shape index (κ1) is 11.6. The van der Waals surface area contributed by atoms with E-state index in [4.69, 9.17) is 4.42 Å². The van der Waals surface area contributed by atoms with Gasteiger partial charge in [-0.2, -0.15) is 0 Å². The molecule has 1 aromatic carbocycles. The van der Waals surface area contributed by atoms with Gasteiger partial charge in [0.1, 0.15) is 5.58 Å². The van der Waals surface area contributed by atoms with E-state index in [1.54, 1.807) is 0 Å². The maximum atomic E-state index is 12.1. The highest BCUT2D eigenvalue weighted by Gasteiger charge is 2.15. The van der Waals surface area contributed by atoms with Gasteiger partial charge < -0.3 is 4.42 Å². The van der Waals surface area contributed by atoms with Gasteiger partial charge in [0.25, 0.3) is 5.56 Å². The lowest BCUT2D eigenvalue weighted by molar-refractivity contribution is 0.482. The van der Waals surface area contributed by atoms with Gasteiger partial charge in [-0.1, -0.05) is 0 Å². The third-order valence-corrected chi connectivity index (χ3v) is 3.61. The lowest BCUT2D eigenvalue weighted by Crippen LogP contribution is -2.30. The Morgan fingerprint density at radius 1 is 0.882 bits per heavy atom. The highest BCUT2D eigenvalue weighted by Crippen LogP contribution is 2.25. The smallest absolute Gasteiger partial charge is 0.409 e. The Labute approximate surface area is 98.5 Å². The molecule has 0 spiro atoms. The maximum Gasteiger partial charge on any atom is 0.422 e. The third kappa shape index (κ3) is 1.44. The summed E-state index contributed by atoms with van der Waals surface area (Å²) in [4.78, 5) is 23.6. The number of hydrogen-bond donors (Lipinski definition) is 0. The van der Waals surface area contributed by atoms with Crippen molar-refractivity contribution in [2.45, 2.75) is 27.7 Å². The Hall–Kier alpha value is -1.84. The average Bonchev–Trinajstić information content (AvgIpc) is 2.30. The summed E-state index contributed by atoms with van der Waals surface area (Å²) in [5, 5.41) is 0.507. The molecule has 0 N–H and O–H groups in total. The molecule has 1 aromatic heterocycles. The molecule has 0 aliphatic rings. The summed E-state index contributed by atoms with van der Waals surface area (Å²) in [5.41, 5.74) is 4.00. The van der Waals surface area contributed by atoms with E-state index in [-0.39, 0.29) is 5.56 Å². The summed E-state index contributed by atoms with van der Waals surface area (Å²) in [5.74, 6) is -0.617. The first-order chi connectivity index (χ1) is 7.86. The number of hydrogen-bond acceptors (Lipinski definition) is 3. The van der Waals surface area contributed by atoms with E-state index in [0.29, 0.717) is 11.0 Å². The minimum Gasteiger partial charge on any atom is -0.409 e. The molecule has 17 heavy (non-hydrogen) atoms. The van der Waals surface area contributed by atoms with Crippen molar-refractivity contribution in [2.24, 2.45) is 7.05 Å². The fourth-order valence-electron chi connectivity index (χ4n) is 2.07. The number of nitrogens with zero attached hydrogens (tertiary/aromatic N) is 1. The predicted octanol–water partition coefficient (Wildman–Crippen LogP) is 1.73. The summed E-state index contributed by atoms with van der Waals surface area (Å²) in [6.07, 6.45) is 0. The van der Waals surface area contributed by atoms with Crippen LogP contribution in [0.15, 0.2) is 14.0 Å². The molecular weight excluding hydrogens is 218 g/mol. The van der Waals surface area contributed by atoms with Gasteiger partial charge in [-0.3, -0.25) is 4.79 Å². The van der Waals surface area contributed by atoms with E-state index < -0.39 is 5.76 Å². The Morgan fingerprint density at radius 3 is 2.00 bits per heavy atom. The average molecular weight is 233 g/mol. The van der Waals surface area contributed by atoms with E-state index in [1.165, 1.54) is 7.05 Å². The molecule has 0 unspecified atom stereocenters. The van der Waals surface area contributed by atoms with Crippen LogP contribution in [0.3, 0.4) is 0 Å². The van der Waals surface area contributed by atoms with Crippen molar-refractivity contribution in [3.05, 3.63) is 43.2 Å². The number of aromatic nitrogens is 1. The molecule has 0 saturated heterocycles. The van der Waals surface area contributed by atoms with Crippen LogP contribution in [0.1, 0.15) is 22.3 Å². The first-order valence-electron chi connectivity index (χ1n) is 5.46. The highest BCUT2D eigenvalue weighted by atomic mass is 16.4. The first-order valence-corrected chi connectivity index (χ1v) is 5.46. The van der Waals surface area contributed by atoms with Gasteiger partial charge in [0.15, 0.2) is 0 Å². The Balaban J connectivity index is 3.24. The van der Waals surface area contributed by atoms with E-state index >= 15 is 0 Å². The zero-order chi connectivity index (χ0) is 12.9. The van der Waals surface area contributed by atoms with Gasteiger partial charge >= 0.3 is 5.76 Å². The van der Waals surface area contributed by atoms with Crippen LogP contribution in [-0.4, -0.2) is 4.57 Å². The minimum absolute atomic E-state index is 0.292. The Kier molecular flexibility index (Phi) is 2.45. The molecule has 0 atom stereocenters. The number of fused-ring (bicyclic) bond motifs is 1. The topological polar surface area (TPSA) is 52.2 Å². The Bertz CT molecular complexity index is 735. The quantitative estimate of drug-likeness (QED) is 0.696. The summed E-state index contributed by atoms with van der Waals surface area (Å²) < 4.78 is 6.23. The van der Waals surface area contributed by atoms with Crippen LogP contribution >= 0.6 is 0 Å². The molecule has 4 nitrogen and oxygen atoms in total. The highest BCUT2D eigenvalue weighted by molar-refractivity contribution is 5.84. The van der Waals surface area contributed by atoms with Gasteiger partial charge in [0.2, 0.25) is 0 Å². The number of benzene rings is 1. The second-order valence-electron chi connectivity index (χ2n) is 4.44. The van der Waals surface area contributed by atoms with Crippen molar-refractivity contribution >= 4 is 11.0 Å². The fourth-order valence-corrected chi connectivity index (χ4v) is 2.07. The fraction of sp³-hybridized carbons (Fsp3) is 0.385. The molecular formula is C13H15NO3. The van der Waals surface area contributed by atoms with Crippen molar-refractivity contribution in [3.8, 4) is 0 Å². The third-order valence-electron chi connectivity index (χ3n) is 3.61. The molecule has 90 valence electrons. The SMILES string of the molecule is Cc1c(C)c(C)c2c(=O)n(C)c(=O)oc2c1C. The number of aryl methyl sites for hydroxylation is 2. The van der Waals surface area contributed by atoms with Crippen molar-refractivity contribution in [2.75, 3.05) is 0 Å². The van der Waals surface area contributed by atoms with Crippen molar-refractivity contribution in [1.29, 1.82) is 0 Å². The van der Waals surface area contributed by atoms with E-state index in [9.17, 15) is 9.59 Å². The zero-order valence-corrected chi connectivity index (χ0v) is 10.7. The molecule has 2 rings (SSSR count). The van der Waals surface area contributed by atoms with E-state index in [0.717, 1.165) is 26.8 Å². The van der Waals surface area contributed by atoms with Gasteiger partial charge in [-0.15, -0.1) is 0 Å². The summed E-state index contributed by atoms with van der Waals surface area (Å²) in [6.45, 7) is 7.69. The van der Waals surface area contributed by atoms with Crippen LogP contribution in [0, 0.1) is 27.7 Å². The normalized spacial score (nSPS) is 11.1. The Morgan fingerprint density at radius 2 is 1.41 bits per heavy atom. The standard InChI is InChI=1S/C13H15NO3/c1-6-7(2)9(4)11-10(8(6)3)12(15)14(5)13(16)17-11/h1-5H3. The second kappa shape index (κ2) is 3.58. The number of rotatable bonds is 0. The van der Waals surface area contributed by atoms with Gasteiger partial charge in [-0.05, 0) is 49.9 Å². The summed E-state index contributed by atoms with van der Waals surface area (Å²) in [6, 6.07) is 0. The molecule has 0 bridgehead atoms. The second-order valence-corrected chi connectivity index (χ2v) is 4.44. The molecule has 0 aliphatic heterocycles. The largest absolute Gasteiger partial charge is 0.422 e. The molecule has 0 aliphatic carbocycles. The molecule has 0 fully saturated rings. The van der Waals surface area contributed by atoms with E-state index in [1.807, 2.05) is 27.7 Å².